The second-order valence-electron chi connectivity index (χ2n) is 5.41. The van der Waals surface area contributed by atoms with Crippen LogP contribution < -0.4 is 11.1 Å². The van der Waals surface area contributed by atoms with Crippen molar-refractivity contribution in [3.05, 3.63) is 93.5 Å². The van der Waals surface area contributed by atoms with Crippen molar-refractivity contribution in [2.45, 2.75) is 0 Å². The summed E-state index contributed by atoms with van der Waals surface area (Å²) in [5.41, 5.74) is -0.0123. The van der Waals surface area contributed by atoms with Gasteiger partial charge in [0.1, 0.15) is 0 Å². The van der Waals surface area contributed by atoms with Crippen molar-refractivity contribution in [3.63, 3.8) is 0 Å². The number of carbonyl (C=O) groups is 1. The zero-order valence-electron chi connectivity index (χ0n) is 12.5. The first-order valence-corrected chi connectivity index (χ1v) is 7.43. The van der Waals surface area contributed by atoms with Crippen LogP contribution in [0, 0.1) is 0 Å². The molecular formula is C19H12N2O3. The van der Waals surface area contributed by atoms with Crippen molar-refractivity contribution in [2.24, 2.45) is 0 Å². The molecule has 2 heterocycles. The molecule has 24 heavy (non-hydrogen) atoms. The first-order chi connectivity index (χ1) is 11.7. The van der Waals surface area contributed by atoms with Crippen molar-refractivity contribution in [2.75, 3.05) is 0 Å². The number of para-hydroxylation sites is 2. The van der Waals surface area contributed by atoms with Gasteiger partial charge in [-0.25, -0.2) is 13.9 Å². The van der Waals surface area contributed by atoms with Gasteiger partial charge in [-0.15, -0.1) is 0 Å². The Morgan fingerprint density at radius 2 is 1.00 bits per heavy atom. The third-order valence-corrected chi connectivity index (χ3v) is 3.99. The average molecular weight is 316 g/mol. The van der Waals surface area contributed by atoms with Crippen LogP contribution in [-0.2, 0) is 0 Å². The quantitative estimate of drug-likeness (QED) is 0.501. The molecule has 0 unspecified atom stereocenters. The molecule has 2 aromatic heterocycles. The van der Waals surface area contributed by atoms with Gasteiger partial charge in [0, 0.05) is 12.1 Å². The molecule has 0 atom stereocenters. The normalized spacial score (nSPS) is 11.0. The molecule has 0 radical (unpaired) electrons. The lowest BCUT2D eigenvalue weighted by atomic mass is 10.2. The Labute approximate surface area is 136 Å². The van der Waals surface area contributed by atoms with Crippen LogP contribution in [0.3, 0.4) is 0 Å². The monoisotopic (exact) mass is 316 g/mol. The maximum Gasteiger partial charge on any atom is 0.343 e. The van der Waals surface area contributed by atoms with Crippen molar-refractivity contribution < 1.29 is 4.79 Å². The van der Waals surface area contributed by atoms with Crippen LogP contribution >= 0.6 is 0 Å². The first-order valence-electron chi connectivity index (χ1n) is 7.43. The van der Waals surface area contributed by atoms with Gasteiger partial charge >= 0.3 is 6.03 Å². The van der Waals surface area contributed by atoms with Crippen LogP contribution in [-0.4, -0.2) is 15.2 Å². The van der Waals surface area contributed by atoms with Gasteiger partial charge in [-0.05, 0) is 35.0 Å². The number of pyridine rings is 2. The Balaban J connectivity index is 2.09. The van der Waals surface area contributed by atoms with Gasteiger partial charge in [-0.2, -0.15) is 0 Å². The molecule has 5 heteroatoms. The molecular weight excluding hydrogens is 304 g/mol. The topological polar surface area (TPSA) is 61.1 Å². The summed E-state index contributed by atoms with van der Waals surface area (Å²) < 4.78 is 2.06. The van der Waals surface area contributed by atoms with Crippen molar-refractivity contribution in [3.8, 4) is 0 Å². The highest BCUT2D eigenvalue weighted by molar-refractivity contribution is 5.96. The predicted octanol–water partition coefficient (Wildman–Crippen LogP) is 2.83. The summed E-state index contributed by atoms with van der Waals surface area (Å²) in [5.74, 6) is 0. The maximum atomic E-state index is 13.0. The number of hydrogen-bond acceptors (Lipinski definition) is 3. The summed E-state index contributed by atoms with van der Waals surface area (Å²) in [6.07, 6.45) is 0. The van der Waals surface area contributed by atoms with Gasteiger partial charge in [0.2, 0.25) is 0 Å². The highest BCUT2D eigenvalue weighted by Gasteiger charge is 2.16. The molecule has 4 rings (SSSR count). The number of hydrogen-bond donors (Lipinski definition) is 0. The summed E-state index contributed by atoms with van der Waals surface area (Å²) in [6.45, 7) is 0. The van der Waals surface area contributed by atoms with Crippen LogP contribution in [0.25, 0.3) is 21.8 Å². The summed E-state index contributed by atoms with van der Waals surface area (Å²) in [7, 11) is 0. The molecule has 116 valence electrons. The molecule has 0 spiro atoms. The molecule has 0 N–H and O–H groups in total. The Morgan fingerprint density at radius 1 is 0.583 bits per heavy atom. The van der Waals surface area contributed by atoms with Gasteiger partial charge in [0.15, 0.2) is 0 Å². The van der Waals surface area contributed by atoms with E-state index in [1.807, 2.05) is 24.3 Å². The van der Waals surface area contributed by atoms with Gasteiger partial charge in [0.05, 0.1) is 11.0 Å². The molecule has 2 aromatic carbocycles. The Bertz CT molecular complexity index is 1120. The minimum atomic E-state index is -0.682. The van der Waals surface area contributed by atoms with Crippen molar-refractivity contribution in [1.29, 1.82) is 0 Å². The molecule has 0 saturated carbocycles. The summed E-state index contributed by atoms with van der Waals surface area (Å²) in [4.78, 5) is 37.7. The molecule has 0 aliphatic rings. The van der Waals surface area contributed by atoms with Gasteiger partial charge in [-0.3, -0.25) is 9.59 Å². The van der Waals surface area contributed by atoms with E-state index in [2.05, 4.69) is 0 Å². The second-order valence-corrected chi connectivity index (χ2v) is 5.41. The van der Waals surface area contributed by atoms with Crippen LogP contribution in [0.4, 0.5) is 4.79 Å². The van der Waals surface area contributed by atoms with E-state index in [9.17, 15) is 14.4 Å². The highest BCUT2D eigenvalue weighted by atomic mass is 16.2. The summed E-state index contributed by atoms with van der Waals surface area (Å²) >= 11 is 0. The van der Waals surface area contributed by atoms with E-state index in [0.29, 0.717) is 11.0 Å². The Morgan fingerprint density at radius 3 is 1.46 bits per heavy atom. The second kappa shape index (κ2) is 5.31. The SMILES string of the molecule is O=C(n1c(=O)ccc2ccccc21)n1c(=O)ccc2ccccc21. The lowest BCUT2D eigenvalue weighted by Gasteiger charge is -2.12. The lowest BCUT2D eigenvalue weighted by Crippen LogP contribution is -2.36. The number of carbonyl (C=O) groups excluding carboxylic acids is 1. The van der Waals surface area contributed by atoms with E-state index >= 15 is 0 Å². The van der Waals surface area contributed by atoms with Crippen molar-refractivity contribution in [1.82, 2.24) is 9.13 Å². The van der Waals surface area contributed by atoms with Gasteiger partial charge < -0.3 is 0 Å². The summed E-state index contributed by atoms with van der Waals surface area (Å²) in [5, 5.41) is 1.50. The standard InChI is InChI=1S/C19H12N2O3/c22-17-11-9-13-5-1-3-7-15(13)20(17)19(24)21-16-8-4-2-6-14(16)10-12-18(21)23/h1-12H. The number of aromatic nitrogens is 2. The minimum absolute atomic E-state index is 0.467. The molecule has 0 fully saturated rings. The molecule has 4 aromatic rings. The third-order valence-electron chi connectivity index (χ3n) is 3.99. The average Bonchev–Trinajstić information content (AvgIpc) is 2.61. The van der Waals surface area contributed by atoms with E-state index in [4.69, 9.17) is 0 Å². The maximum absolute atomic E-state index is 13.0. The zero-order valence-corrected chi connectivity index (χ0v) is 12.5. The fraction of sp³-hybridized carbons (Fsp3) is 0. The van der Waals surface area contributed by atoms with Crippen LogP contribution in [0.2, 0.25) is 0 Å². The van der Waals surface area contributed by atoms with Crippen LogP contribution in [0.1, 0.15) is 0 Å². The van der Waals surface area contributed by atoms with E-state index in [0.717, 1.165) is 19.9 Å². The zero-order chi connectivity index (χ0) is 16.7. The lowest BCUT2D eigenvalue weighted by molar-refractivity contribution is 0.244. The van der Waals surface area contributed by atoms with Gasteiger partial charge in [-0.1, -0.05) is 36.4 Å². The fourth-order valence-corrected chi connectivity index (χ4v) is 2.87. The number of rotatable bonds is 0. The van der Waals surface area contributed by atoms with E-state index in [1.165, 1.54) is 12.1 Å². The smallest absolute Gasteiger partial charge is 0.269 e. The molecule has 0 bridgehead atoms. The number of fused-ring (bicyclic) bond motifs is 2. The van der Waals surface area contributed by atoms with Crippen molar-refractivity contribution >= 4 is 27.8 Å². The molecule has 0 amide bonds. The highest BCUT2D eigenvalue weighted by Crippen LogP contribution is 2.14. The minimum Gasteiger partial charge on any atom is -0.269 e. The predicted molar refractivity (Wildman–Crippen MR) is 92.6 cm³/mol. The third kappa shape index (κ3) is 2.06. The molecule has 0 aliphatic carbocycles. The Kier molecular flexibility index (Phi) is 3.13. The summed E-state index contributed by atoms with van der Waals surface area (Å²) in [6, 6.07) is 19.4. The van der Waals surface area contributed by atoms with E-state index in [1.54, 1.807) is 36.4 Å². The van der Waals surface area contributed by atoms with Crippen LogP contribution in [0.15, 0.2) is 82.4 Å². The Hall–Kier alpha value is -3.47. The molecule has 5 nitrogen and oxygen atoms in total. The first kappa shape index (κ1) is 14.1. The van der Waals surface area contributed by atoms with Gasteiger partial charge in [0.25, 0.3) is 11.1 Å². The number of nitrogens with zero attached hydrogens (tertiary/aromatic N) is 2. The van der Waals surface area contributed by atoms with E-state index < -0.39 is 17.1 Å². The van der Waals surface area contributed by atoms with E-state index in [-0.39, 0.29) is 0 Å². The molecule has 0 aliphatic heterocycles. The van der Waals surface area contributed by atoms with Crippen LogP contribution in [0.5, 0.6) is 0 Å². The number of benzene rings is 2. The largest absolute Gasteiger partial charge is 0.343 e. The fourth-order valence-electron chi connectivity index (χ4n) is 2.87. The molecule has 0 saturated heterocycles.